The number of aryl methyl sites for hydroxylation is 1. The van der Waals surface area contributed by atoms with Crippen molar-refractivity contribution in [1.29, 1.82) is 0 Å². The molecule has 3 N–H and O–H groups in total. The third-order valence-electron chi connectivity index (χ3n) is 5.04. The molecule has 0 saturated heterocycles. The maximum absolute atomic E-state index is 12.8. The van der Waals surface area contributed by atoms with Gasteiger partial charge in [-0.25, -0.2) is 4.79 Å². The second-order valence-electron chi connectivity index (χ2n) is 8.96. The lowest BCUT2D eigenvalue weighted by molar-refractivity contribution is -0.122. The van der Waals surface area contributed by atoms with Gasteiger partial charge in [-0.15, -0.1) is 0 Å². The summed E-state index contributed by atoms with van der Waals surface area (Å²) in [5.74, 6) is 0.0439. The van der Waals surface area contributed by atoms with E-state index in [1.165, 1.54) is 0 Å². The van der Waals surface area contributed by atoms with Crippen molar-refractivity contribution in [3.8, 4) is 0 Å². The highest BCUT2D eigenvalue weighted by molar-refractivity contribution is 5.91. The SMILES string of the molecule is Cc1cccc2[nH]cc(CC(=O)NC(C)(CNC(=O)OC(C)(C)C)C(C)C)c12. The van der Waals surface area contributed by atoms with Crippen LogP contribution >= 0.6 is 0 Å². The van der Waals surface area contributed by atoms with Crippen LogP contribution in [-0.2, 0) is 16.0 Å². The first-order valence-corrected chi connectivity index (χ1v) is 9.75. The minimum atomic E-state index is -0.588. The number of alkyl carbamates (subject to hydrolysis) is 1. The van der Waals surface area contributed by atoms with Crippen LogP contribution in [0.25, 0.3) is 10.9 Å². The Labute approximate surface area is 167 Å². The number of H-pyrrole nitrogens is 1. The number of rotatable bonds is 6. The highest BCUT2D eigenvalue weighted by Gasteiger charge is 2.31. The van der Waals surface area contributed by atoms with Crippen LogP contribution in [-0.4, -0.2) is 34.7 Å². The van der Waals surface area contributed by atoms with Gasteiger partial charge in [0.2, 0.25) is 5.91 Å². The van der Waals surface area contributed by atoms with Gasteiger partial charge in [0, 0.05) is 23.6 Å². The zero-order chi connectivity index (χ0) is 21.1. The number of carbonyl (C=O) groups is 2. The van der Waals surface area contributed by atoms with Crippen molar-refractivity contribution < 1.29 is 14.3 Å². The van der Waals surface area contributed by atoms with Crippen LogP contribution in [0.3, 0.4) is 0 Å². The van der Waals surface area contributed by atoms with Crippen LogP contribution in [0.15, 0.2) is 24.4 Å². The van der Waals surface area contributed by atoms with Crippen molar-refractivity contribution in [2.24, 2.45) is 5.92 Å². The van der Waals surface area contributed by atoms with Gasteiger partial charge in [-0.2, -0.15) is 0 Å². The lowest BCUT2D eigenvalue weighted by Gasteiger charge is -2.35. The first-order chi connectivity index (χ1) is 12.9. The van der Waals surface area contributed by atoms with Crippen LogP contribution in [0, 0.1) is 12.8 Å². The van der Waals surface area contributed by atoms with E-state index in [4.69, 9.17) is 4.74 Å². The van der Waals surface area contributed by atoms with Crippen molar-refractivity contribution >= 4 is 22.9 Å². The second-order valence-corrected chi connectivity index (χ2v) is 8.96. The summed E-state index contributed by atoms with van der Waals surface area (Å²) in [7, 11) is 0. The average Bonchev–Trinajstić information content (AvgIpc) is 2.95. The number of aromatic nitrogens is 1. The first kappa shape index (κ1) is 21.8. The van der Waals surface area contributed by atoms with Gasteiger partial charge in [0.1, 0.15) is 5.60 Å². The number of carbonyl (C=O) groups excluding carboxylic acids is 2. The largest absolute Gasteiger partial charge is 0.444 e. The number of fused-ring (bicyclic) bond motifs is 1. The van der Waals surface area contributed by atoms with Crippen molar-refractivity contribution in [1.82, 2.24) is 15.6 Å². The number of aromatic amines is 1. The van der Waals surface area contributed by atoms with Gasteiger partial charge in [0.15, 0.2) is 0 Å². The van der Waals surface area contributed by atoms with Crippen molar-refractivity contribution in [3.63, 3.8) is 0 Å². The molecule has 0 aliphatic heterocycles. The van der Waals surface area contributed by atoms with Crippen LogP contribution in [0.2, 0.25) is 0 Å². The minimum absolute atomic E-state index is 0.0775. The Morgan fingerprint density at radius 3 is 2.46 bits per heavy atom. The molecule has 0 bridgehead atoms. The Morgan fingerprint density at radius 2 is 1.86 bits per heavy atom. The highest BCUT2D eigenvalue weighted by Crippen LogP contribution is 2.23. The number of benzene rings is 1. The Bertz CT molecular complexity index is 848. The van der Waals surface area contributed by atoms with Gasteiger partial charge in [0.25, 0.3) is 0 Å². The minimum Gasteiger partial charge on any atom is -0.444 e. The van der Waals surface area contributed by atoms with Crippen LogP contribution in [0.4, 0.5) is 4.79 Å². The summed E-state index contributed by atoms with van der Waals surface area (Å²) in [6.45, 7) is 13.8. The average molecular weight is 388 g/mol. The number of hydrogen-bond acceptors (Lipinski definition) is 3. The normalized spacial score (nSPS) is 14.0. The summed E-state index contributed by atoms with van der Waals surface area (Å²) < 4.78 is 5.30. The van der Waals surface area contributed by atoms with E-state index in [9.17, 15) is 9.59 Å². The molecule has 0 aliphatic rings. The van der Waals surface area contributed by atoms with Crippen LogP contribution < -0.4 is 10.6 Å². The molecule has 1 atom stereocenters. The third-order valence-corrected chi connectivity index (χ3v) is 5.04. The standard InChI is InChI=1S/C22H33N3O3/c1-14(2)22(7,13-24-20(27)28-21(4,5)6)25-18(26)11-16-12-23-17-10-8-9-15(3)19(16)17/h8-10,12,14,23H,11,13H2,1-7H3,(H,24,27)(H,25,26). The molecule has 0 spiro atoms. The molecule has 1 heterocycles. The lowest BCUT2D eigenvalue weighted by atomic mass is 9.88. The monoisotopic (exact) mass is 387 g/mol. The molecule has 6 heteroatoms. The lowest BCUT2D eigenvalue weighted by Crippen LogP contribution is -2.57. The molecule has 1 aromatic heterocycles. The van der Waals surface area contributed by atoms with E-state index in [0.29, 0.717) is 0 Å². The van der Waals surface area contributed by atoms with Crippen LogP contribution in [0.5, 0.6) is 0 Å². The maximum Gasteiger partial charge on any atom is 0.407 e. The summed E-state index contributed by atoms with van der Waals surface area (Å²) in [6.07, 6.45) is 1.68. The molecule has 28 heavy (non-hydrogen) atoms. The molecule has 1 unspecified atom stereocenters. The molecule has 2 amide bonds. The van der Waals surface area contributed by atoms with E-state index in [1.54, 1.807) is 0 Å². The maximum atomic E-state index is 12.8. The summed E-state index contributed by atoms with van der Waals surface area (Å²) in [5.41, 5.74) is 1.99. The smallest absolute Gasteiger partial charge is 0.407 e. The molecule has 154 valence electrons. The molecule has 1 aromatic carbocycles. The predicted molar refractivity (Wildman–Crippen MR) is 112 cm³/mol. The van der Waals surface area contributed by atoms with Gasteiger partial charge < -0.3 is 20.4 Å². The fraction of sp³-hybridized carbons (Fsp3) is 0.545. The Balaban J connectivity index is 2.06. The summed E-state index contributed by atoms with van der Waals surface area (Å²) >= 11 is 0. The van der Waals surface area contributed by atoms with E-state index in [1.807, 2.05) is 72.9 Å². The number of nitrogens with one attached hydrogen (secondary N) is 3. The number of ether oxygens (including phenoxy) is 1. The molecule has 0 aliphatic carbocycles. The molecular formula is C22H33N3O3. The summed E-state index contributed by atoms with van der Waals surface area (Å²) in [5, 5.41) is 6.99. The van der Waals surface area contributed by atoms with Gasteiger partial charge in [-0.1, -0.05) is 26.0 Å². The van der Waals surface area contributed by atoms with E-state index >= 15 is 0 Å². The van der Waals surface area contributed by atoms with Crippen molar-refractivity contribution in [2.75, 3.05) is 6.54 Å². The number of hydrogen-bond donors (Lipinski definition) is 3. The fourth-order valence-corrected chi connectivity index (χ4v) is 3.09. The molecule has 0 radical (unpaired) electrons. The van der Waals surface area contributed by atoms with Crippen LogP contribution in [0.1, 0.15) is 52.7 Å². The number of amides is 2. The predicted octanol–water partition coefficient (Wildman–Crippen LogP) is 4.07. The first-order valence-electron chi connectivity index (χ1n) is 9.75. The summed E-state index contributed by atoms with van der Waals surface area (Å²) in [6, 6.07) is 6.05. The Kier molecular flexibility index (Phi) is 6.42. The Hall–Kier alpha value is -2.50. The fourth-order valence-electron chi connectivity index (χ4n) is 3.09. The van der Waals surface area contributed by atoms with E-state index in [2.05, 4.69) is 15.6 Å². The van der Waals surface area contributed by atoms with Gasteiger partial charge in [-0.3, -0.25) is 4.79 Å². The van der Waals surface area contributed by atoms with Gasteiger partial charge in [-0.05, 0) is 57.7 Å². The highest BCUT2D eigenvalue weighted by atomic mass is 16.6. The quantitative estimate of drug-likeness (QED) is 0.698. The van der Waals surface area contributed by atoms with Crippen molar-refractivity contribution in [2.45, 2.75) is 66.0 Å². The molecule has 6 nitrogen and oxygen atoms in total. The van der Waals surface area contributed by atoms with Crippen molar-refractivity contribution in [3.05, 3.63) is 35.5 Å². The van der Waals surface area contributed by atoms with E-state index in [-0.39, 0.29) is 24.8 Å². The Morgan fingerprint density at radius 1 is 1.18 bits per heavy atom. The van der Waals surface area contributed by atoms with E-state index < -0.39 is 17.2 Å². The summed E-state index contributed by atoms with van der Waals surface area (Å²) in [4.78, 5) is 28.0. The molecule has 0 saturated carbocycles. The second kappa shape index (κ2) is 8.25. The zero-order valence-corrected chi connectivity index (χ0v) is 18.0. The molecular weight excluding hydrogens is 354 g/mol. The topological polar surface area (TPSA) is 83.2 Å². The molecule has 2 aromatic rings. The van der Waals surface area contributed by atoms with Gasteiger partial charge >= 0.3 is 6.09 Å². The molecule has 2 rings (SSSR count). The molecule has 0 fully saturated rings. The van der Waals surface area contributed by atoms with E-state index in [0.717, 1.165) is 22.0 Å². The van der Waals surface area contributed by atoms with Gasteiger partial charge in [0.05, 0.1) is 12.0 Å². The zero-order valence-electron chi connectivity index (χ0n) is 18.0. The third kappa shape index (κ3) is 5.50.